The number of Topliss-reactive ketones (excluding diaryl/α,β-unsaturated/α-hetero) is 1. The highest BCUT2D eigenvalue weighted by Gasteiger charge is 2.47. The van der Waals surface area contributed by atoms with E-state index >= 15 is 0 Å². The number of methoxy groups -OCH3 is 1. The van der Waals surface area contributed by atoms with E-state index in [1.807, 2.05) is 19.9 Å². The Labute approximate surface area is 210 Å². The summed E-state index contributed by atoms with van der Waals surface area (Å²) in [7, 11) is 1.52. The molecule has 1 aliphatic heterocycles. The van der Waals surface area contributed by atoms with Gasteiger partial charge in [0.2, 0.25) is 0 Å². The second-order valence-electron chi connectivity index (χ2n) is 8.08. The van der Waals surface area contributed by atoms with E-state index in [-0.39, 0.29) is 22.1 Å². The first-order valence-corrected chi connectivity index (χ1v) is 11.5. The SMILES string of the molecule is COc1ccc(/C(O)=C2/C(=O)C(=O)N(c3cc(C)cc(C)c3)C2c2ccc(O)c(Cl)c2)cc1Br. The Bertz CT molecular complexity index is 1350. The van der Waals surface area contributed by atoms with E-state index in [2.05, 4.69) is 15.9 Å². The number of nitrogens with zero attached hydrogens (tertiary/aromatic N) is 1. The van der Waals surface area contributed by atoms with E-state index in [9.17, 15) is 19.8 Å². The van der Waals surface area contributed by atoms with Crippen LogP contribution in [0.4, 0.5) is 5.69 Å². The van der Waals surface area contributed by atoms with Gasteiger partial charge in [-0.2, -0.15) is 0 Å². The number of hydrogen-bond donors (Lipinski definition) is 2. The van der Waals surface area contributed by atoms with Crippen LogP contribution in [-0.4, -0.2) is 29.0 Å². The average Bonchev–Trinajstić information content (AvgIpc) is 3.05. The lowest BCUT2D eigenvalue weighted by molar-refractivity contribution is -0.132. The second-order valence-corrected chi connectivity index (χ2v) is 9.34. The number of rotatable bonds is 4. The third-order valence-electron chi connectivity index (χ3n) is 5.64. The number of phenolic OH excluding ortho intramolecular Hbond substituents is 1. The fourth-order valence-electron chi connectivity index (χ4n) is 4.17. The van der Waals surface area contributed by atoms with Gasteiger partial charge in [0.15, 0.2) is 0 Å². The number of amides is 1. The maximum atomic E-state index is 13.3. The number of aromatic hydroxyl groups is 1. The highest BCUT2D eigenvalue weighted by molar-refractivity contribution is 9.10. The molecular weight excluding hydrogens is 522 g/mol. The first-order chi connectivity index (χ1) is 16.1. The predicted molar refractivity (Wildman–Crippen MR) is 135 cm³/mol. The topological polar surface area (TPSA) is 87.1 Å². The molecule has 8 heteroatoms. The number of phenols is 1. The van der Waals surface area contributed by atoms with Gasteiger partial charge in [0.05, 0.1) is 28.2 Å². The number of halogens is 2. The van der Waals surface area contributed by atoms with Crippen molar-refractivity contribution in [2.45, 2.75) is 19.9 Å². The summed E-state index contributed by atoms with van der Waals surface area (Å²) in [5, 5.41) is 21.2. The van der Waals surface area contributed by atoms with E-state index in [1.165, 1.54) is 24.1 Å². The van der Waals surface area contributed by atoms with E-state index in [4.69, 9.17) is 16.3 Å². The standard InChI is InChI=1S/C26H21BrClNO5/c1-13-8-14(2)10-17(9-13)29-23(15-4-6-20(30)19(28)12-15)22(25(32)26(29)33)24(31)16-5-7-21(34-3)18(27)11-16/h4-12,23,30-31H,1-3H3/b24-22-. The Kier molecular flexibility index (Phi) is 6.43. The number of aliphatic hydroxyl groups excluding tert-OH is 1. The van der Waals surface area contributed by atoms with Gasteiger partial charge < -0.3 is 14.9 Å². The lowest BCUT2D eigenvalue weighted by atomic mass is 9.95. The van der Waals surface area contributed by atoms with E-state index in [1.54, 1.807) is 36.4 Å². The number of hydrogen-bond acceptors (Lipinski definition) is 5. The first kappa shape index (κ1) is 23.9. The third-order valence-corrected chi connectivity index (χ3v) is 6.56. The second kappa shape index (κ2) is 9.16. The zero-order valence-electron chi connectivity index (χ0n) is 18.6. The molecule has 6 nitrogen and oxygen atoms in total. The van der Waals surface area contributed by atoms with Crippen molar-refractivity contribution in [3.63, 3.8) is 0 Å². The lowest BCUT2D eigenvalue weighted by Crippen LogP contribution is -2.29. The van der Waals surface area contributed by atoms with Crippen LogP contribution < -0.4 is 9.64 Å². The lowest BCUT2D eigenvalue weighted by Gasteiger charge is -2.26. The van der Waals surface area contributed by atoms with Crippen molar-refractivity contribution in [1.82, 2.24) is 0 Å². The van der Waals surface area contributed by atoms with Gasteiger partial charge in [-0.3, -0.25) is 14.5 Å². The van der Waals surface area contributed by atoms with Crippen molar-refractivity contribution in [2.24, 2.45) is 0 Å². The normalized spacial score (nSPS) is 17.3. The van der Waals surface area contributed by atoms with Gasteiger partial charge in [-0.15, -0.1) is 0 Å². The molecule has 1 saturated heterocycles. The molecule has 0 aromatic heterocycles. The molecule has 0 radical (unpaired) electrons. The number of benzene rings is 3. The highest BCUT2D eigenvalue weighted by Crippen LogP contribution is 2.44. The van der Waals surface area contributed by atoms with Crippen LogP contribution in [0.5, 0.6) is 11.5 Å². The molecule has 1 amide bonds. The molecule has 1 atom stereocenters. The maximum Gasteiger partial charge on any atom is 0.300 e. The third kappa shape index (κ3) is 4.17. The summed E-state index contributed by atoms with van der Waals surface area (Å²) >= 11 is 9.56. The molecule has 1 fully saturated rings. The van der Waals surface area contributed by atoms with Crippen LogP contribution in [0.15, 0.2) is 64.6 Å². The van der Waals surface area contributed by atoms with Crippen LogP contribution in [-0.2, 0) is 9.59 Å². The molecule has 1 aliphatic rings. The van der Waals surface area contributed by atoms with Crippen LogP contribution in [0.3, 0.4) is 0 Å². The van der Waals surface area contributed by atoms with E-state index < -0.39 is 17.7 Å². The van der Waals surface area contributed by atoms with Gasteiger partial charge >= 0.3 is 0 Å². The predicted octanol–water partition coefficient (Wildman–Crippen LogP) is 6.06. The molecule has 3 aromatic rings. The monoisotopic (exact) mass is 541 g/mol. The van der Waals surface area contributed by atoms with Crippen molar-refractivity contribution >= 4 is 50.7 Å². The zero-order valence-corrected chi connectivity index (χ0v) is 20.9. The Morgan fingerprint density at radius 2 is 1.71 bits per heavy atom. The van der Waals surface area contributed by atoms with Crippen molar-refractivity contribution in [3.8, 4) is 11.5 Å². The molecule has 1 heterocycles. The summed E-state index contributed by atoms with van der Waals surface area (Å²) in [6.45, 7) is 3.79. The smallest absolute Gasteiger partial charge is 0.300 e. The van der Waals surface area contributed by atoms with E-state index in [0.717, 1.165) is 11.1 Å². The van der Waals surface area contributed by atoms with Gasteiger partial charge in [-0.05, 0) is 88.9 Å². The van der Waals surface area contributed by atoms with Crippen LogP contribution >= 0.6 is 27.5 Å². The van der Waals surface area contributed by atoms with Gasteiger partial charge in [-0.25, -0.2) is 0 Å². The minimum absolute atomic E-state index is 0.0655. The van der Waals surface area contributed by atoms with Crippen LogP contribution in [0.2, 0.25) is 5.02 Å². The van der Waals surface area contributed by atoms with Crippen LogP contribution in [0.1, 0.15) is 28.3 Å². The summed E-state index contributed by atoms with van der Waals surface area (Å²) in [6, 6.07) is 13.9. The molecule has 1 unspecified atom stereocenters. The molecule has 4 rings (SSSR count). The molecule has 0 spiro atoms. The summed E-state index contributed by atoms with van der Waals surface area (Å²) in [5.41, 5.74) is 3.07. The Morgan fingerprint density at radius 1 is 1.03 bits per heavy atom. The number of carbonyl (C=O) groups excluding carboxylic acids is 2. The number of carbonyl (C=O) groups is 2. The van der Waals surface area contributed by atoms with Gasteiger partial charge in [-0.1, -0.05) is 23.7 Å². The number of aryl methyl sites for hydroxylation is 2. The molecular formula is C26H21BrClNO5. The van der Waals surface area contributed by atoms with Crippen molar-refractivity contribution in [2.75, 3.05) is 12.0 Å². The number of aliphatic hydroxyl groups is 1. The molecule has 2 N–H and O–H groups in total. The van der Waals surface area contributed by atoms with Crippen LogP contribution in [0, 0.1) is 13.8 Å². The number of anilines is 1. The highest BCUT2D eigenvalue weighted by atomic mass is 79.9. The number of ether oxygens (including phenoxy) is 1. The quantitative estimate of drug-likeness (QED) is 0.238. The van der Waals surface area contributed by atoms with Gasteiger partial charge in [0.25, 0.3) is 11.7 Å². The number of ketones is 1. The summed E-state index contributed by atoms with van der Waals surface area (Å²) < 4.78 is 5.82. The Hall–Kier alpha value is -3.29. The zero-order chi connectivity index (χ0) is 24.7. The maximum absolute atomic E-state index is 13.3. The molecule has 0 bridgehead atoms. The summed E-state index contributed by atoms with van der Waals surface area (Å²) in [6.07, 6.45) is 0. The average molecular weight is 543 g/mol. The van der Waals surface area contributed by atoms with Crippen molar-refractivity contribution in [3.05, 3.63) is 91.9 Å². The van der Waals surface area contributed by atoms with Crippen LogP contribution in [0.25, 0.3) is 5.76 Å². The van der Waals surface area contributed by atoms with Gasteiger partial charge in [0.1, 0.15) is 17.3 Å². The minimum Gasteiger partial charge on any atom is -0.507 e. The summed E-state index contributed by atoms with van der Waals surface area (Å²) in [4.78, 5) is 27.9. The first-order valence-electron chi connectivity index (χ1n) is 10.3. The molecule has 34 heavy (non-hydrogen) atoms. The Morgan fingerprint density at radius 3 is 2.29 bits per heavy atom. The fraction of sp³-hybridized carbons (Fsp3) is 0.154. The summed E-state index contributed by atoms with van der Waals surface area (Å²) in [5.74, 6) is -1.50. The minimum atomic E-state index is -0.958. The van der Waals surface area contributed by atoms with E-state index in [0.29, 0.717) is 27.0 Å². The molecule has 0 aliphatic carbocycles. The Balaban J connectivity index is 1.98. The molecule has 0 saturated carbocycles. The largest absolute Gasteiger partial charge is 0.507 e. The van der Waals surface area contributed by atoms with Crippen molar-refractivity contribution in [1.29, 1.82) is 0 Å². The van der Waals surface area contributed by atoms with Crippen molar-refractivity contribution < 1.29 is 24.5 Å². The molecule has 3 aromatic carbocycles. The molecule has 174 valence electrons. The fourth-order valence-corrected chi connectivity index (χ4v) is 4.90. The van der Waals surface area contributed by atoms with Gasteiger partial charge in [0, 0.05) is 11.3 Å².